The Morgan fingerprint density at radius 2 is 1.60 bits per heavy atom. The molecule has 0 aliphatic carbocycles. The average Bonchev–Trinajstić information content (AvgIpc) is 2.43. The number of hydrogen-bond donors (Lipinski definition) is 1. The van der Waals surface area contributed by atoms with Crippen LogP contribution in [0.5, 0.6) is 5.75 Å². The van der Waals surface area contributed by atoms with Crippen molar-refractivity contribution in [2.75, 3.05) is 7.11 Å². The van der Waals surface area contributed by atoms with Crippen molar-refractivity contribution in [2.24, 2.45) is 0 Å². The number of benzene rings is 2. The maximum absolute atomic E-state index is 10.7. The fourth-order valence-corrected chi connectivity index (χ4v) is 2.63. The van der Waals surface area contributed by atoms with E-state index in [1.54, 1.807) is 32.2 Å². The number of hydrogen-bond acceptors (Lipinski definition) is 2. The van der Waals surface area contributed by atoms with Gasteiger partial charge in [0.25, 0.3) is 0 Å². The van der Waals surface area contributed by atoms with Crippen LogP contribution in [0.2, 0.25) is 10.0 Å². The maximum Gasteiger partial charge on any atom is 0.118 e. The Kier molecular flexibility index (Phi) is 4.59. The zero-order valence-corrected chi connectivity index (χ0v) is 12.9. The normalized spacial score (nSPS) is 13.8. The van der Waals surface area contributed by atoms with Gasteiger partial charge in [-0.2, -0.15) is 0 Å². The number of aliphatic hydroxyl groups is 1. The van der Waals surface area contributed by atoms with E-state index in [4.69, 9.17) is 27.9 Å². The first kappa shape index (κ1) is 15.2. The SMILES string of the molecule is COc1ccc(C(C)(O)Cc2c(Cl)cccc2Cl)cc1. The molecule has 0 saturated carbocycles. The van der Waals surface area contributed by atoms with Crippen molar-refractivity contribution in [1.29, 1.82) is 0 Å². The van der Waals surface area contributed by atoms with Crippen LogP contribution in [0.3, 0.4) is 0 Å². The summed E-state index contributed by atoms with van der Waals surface area (Å²) in [7, 11) is 1.61. The highest BCUT2D eigenvalue weighted by atomic mass is 35.5. The Labute approximate surface area is 128 Å². The lowest BCUT2D eigenvalue weighted by Crippen LogP contribution is -2.24. The molecule has 0 spiro atoms. The van der Waals surface area contributed by atoms with Crippen molar-refractivity contribution in [3.05, 3.63) is 63.6 Å². The van der Waals surface area contributed by atoms with Crippen LogP contribution in [0, 0.1) is 0 Å². The molecule has 2 aromatic carbocycles. The molecule has 0 aliphatic heterocycles. The van der Waals surface area contributed by atoms with Crippen LogP contribution in [0.15, 0.2) is 42.5 Å². The van der Waals surface area contributed by atoms with E-state index < -0.39 is 5.60 Å². The summed E-state index contributed by atoms with van der Waals surface area (Å²) in [4.78, 5) is 0. The van der Waals surface area contributed by atoms with Gasteiger partial charge in [-0.1, -0.05) is 41.4 Å². The Morgan fingerprint density at radius 1 is 1.05 bits per heavy atom. The summed E-state index contributed by atoms with van der Waals surface area (Å²) in [5.41, 5.74) is 0.479. The lowest BCUT2D eigenvalue weighted by Gasteiger charge is -2.25. The van der Waals surface area contributed by atoms with Gasteiger partial charge in [0.15, 0.2) is 0 Å². The van der Waals surface area contributed by atoms with E-state index >= 15 is 0 Å². The first-order chi connectivity index (χ1) is 9.44. The highest BCUT2D eigenvalue weighted by Crippen LogP contribution is 2.33. The molecule has 4 heteroatoms. The van der Waals surface area contributed by atoms with Gasteiger partial charge in [-0.05, 0) is 42.3 Å². The summed E-state index contributed by atoms with van der Waals surface area (Å²) < 4.78 is 5.11. The minimum absolute atomic E-state index is 0.345. The van der Waals surface area contributed by atoms with E-state index in [1.165, 1.54) is 0 Å². The third-order valence-corrected chi connectivity index (χ3v) is 4.00. The molecule has 0 aromatic heterocycles. The number of halogens is 2. The zero-order valence-electron chi connectivity index (χ0n) is 11.4. The molecule has 106 valence electrons. The van der Waals surface area contributed by atoms with Crippen molar-refractivity contribution in [2.45, 2.75) is 18.9 Å². The second kappa shape index (κ2) is 6.04. The summed E-state index contributed by atoms with van der Waals surface area (Å²) in [5.74, 6) is 0.750. The van der Waals surface area contributed by atoms with Crippen LogP contribution in [0.4, 0.5) is 0 Å². The summed E-state index contributed by atoms with van der Waals surface area (Å²) in [5, 5.41) is 11.8. The molecule has 2 rings (SSSR count). The zero-order chi connectivity index (χ0) is 14.8. The van der Waals surface area contributed by atoms with E-state index in [0.29, 0.717) is 16.5 Å². The molecule has 2 nitrogen and oxygen atoms in total. The first-order valence-electron chi connectivity index (χ1n) is 6.24. The smallest absolute Gasteiger partial charge is 0.118 e. The van der Waals surface area contributed by atoms with Gasteiger partial charge in [-0.15, -0.1) is 0 Å². The fraction of sp³-hybridized carbons (Fsp3) is 0.250. The van der Waals surface area contributed by atoms with Gasteiger partial charge in [0, 0.05) is 16.5 Å². The lowest BCUT2D eigenvalue weighted by atomic mass is 9.89. The molecule has 0 saturated heterocycles. The van der Waals surface area contributed by atoms with Crippen molar-refractivity contribution in [1.82, 2.24) is 0 Å². The fourth-order valence-electron chi connectivity index (χ4n) is 2.10. The van der Waals surface area contributed by atoms with Gasteiger partial charge in [0.1, 0.15) is 5.75 Å². The van der Waals surface area contributed by atoms with Crippen LogP contribution >= 0.6 is 23.2 Å². The maximum atomic E-state index is 10.7. The third kappa shape index (κ3) is 3.26. The minimum Gasteiger partial charge on any atom is -0.497 e. The van der Waals surface area contributed by atoms with Crippen LogP contribution < -0.4 is 4.74 Å². The van der Waals surface area contributed by atoms with E-state index in [1.807, 2.05) is 24.3 Å². The molecule has 0 heterocycles. The number of ether oxygens (including phenoxy) is 1. The summed E-state index contributed by atoms with van der Waals surface area (Å²) in [6, 6.07) is 12.6. The molecule has 20 heavy (non-hydrogen) atoms. The number of rotatable bonds is 4. The van der Waals surface area contributed by atoms with E-state index in [2.05, 4.69) is 0 Å². The second-order valence-corrected chi connectivity index (χ2v) is 5.69. The van der Waals surface area contributed by atoms with Gasteiger partial charge in [-0.25, -0.2) is 0 Å². The Balaban J connectivity index is 2.30. The molecule has 0 aliphatic rings. The van der Waals surface area contributed by atoms with E-state index in [-0.39, 0.29) is 0 Å². The largest absolute Gasteiger partial charge is 0.497 e. The van der Waals surface area contributed by atoms with Gasteiger partial charge in [-0.3, -0.25) is 0 Å². The van der Waals surface area contributed by atoms with Crippen molar-refractivity contribution in [3.8, 4) is 5.75 Å². The molecule has 0 radical (unpaired) electrons. The molecule has 2 aromatic rings. The monoisotopic (exact) mass is 310 g/mol. The van der Waals surface area contributed by atoms with Gasteiger partial charge in [0.05, 0.1) is 12.7 Å². The standard InChI is InChI=1S/C16H16Cl2O2/c1-16(19,11-6-8-12(20-2)9-7-11)10-13-14(17)4-3-5-15(13)18/h3-9,19H,10H2,1-2H3. The van der Waals surface area contributed by atoms with Crippen molar-refractivity contribution in [3.63, 3.8) is 0 Å². The van der Waals surface area contributed by atoms with Gasteiger partial charge in [0.2, 0.25) is 0 Å². The molecular weight excluding hydrogens is 295 g/mol. The van der Waals surface area contributed by atoms with Gasteiger partial charge < -0.3 is 9.84 Å². The molecule has 1 unspecified atom stereocenters. The Morgan fingerprint density at radius 3 is 2.10 bits per heavy atom. The van der Waals surface area contributed by atoms with Crippen molar-refractivity contribution < 1.29 is 9.84 Å². The molecule has 0 fully saturated rings. The molecule has 0 amide bonds. The summed E-state index contributed by atoms with van der Waals surface area (Å²) in [6.45, 7) is 1.74. The third-order valence-electron chi connectivity index (χ3n) is 3.29. The Hall–Kier alpha value is -1.22. The molecule has 0 bridgehead atoms. The van der Waals surface area contributed by atoms with Crippen LogP contribution in [0.1, 0.15) is 18.1 Å². The van der Waals surface area contributed by atoms with Crippen LogP contribution in [-0.2, 0) is 12.0 Å². The molecule has 1 atom stereocenters. The topological polar surface area (TPSA) is 29.5 Å². The van der Waals surface area contributed by atoms with Crippen LogP contribution in [-0.4, -0.2) is 12.2 Å². The highest BCUT2D eigenvalue weighted by molar-refractivity contribution is 6.36. The predicted molar refractivity (Wildman–Crippen MR) is 82.7 cm³/mol. The van der Waals surface area contributed by atoms with Crippen LogP contribution in [0.25, 0.3) is 0 Å². The average molecular weight is 311 g/mol. The first-order valence-corrected chi connectivity index (χ1v) is 6.99. The predicted octanol–water partition coefficient (Wildman–Crippen LogP) is 4.45. The second-order valence-electron chi connectivity index (χ2n) is 4.88. The van der Waals surface area contributed by atoms with E-state index in [9.17, 15) is 5.11 Å². The number of methoxy groups -OCH3 is 1. The summed E-state index contributed by atoms with van der Waals surface area (Å²) >= 11 is 12.3. The Bertz CT molecular complexity index is 572. The summed E-state index contributed by atoms with van der Waals surface area (Å²) in [6.07, 6.45) is 0.345. The lowest BCUT2D eigenvalue weighted by molar-refractivity contribution is 0.0576. The molecular formula is C16H16Cl2O2. The minimum atomic E-state index is -1.05. The van der Waals surface area contributed by atoms with E-state index in [0.717, 1.165) is 16.9 Å². The van der Waals surface area contributed by atoms with Gasteiger partial charge >= 0.3 is 0 Å². The van der Waals surface area contributed by atoms with Crippen molar-refractivity contribution >= 4 is 23.2 Å². The quantitative estimate of drug-likeness (QED) is 0.904. The molecule has 1 N–H and O–H groups in total. The highest BCUT2D eigenvalue weighted by Gasteiger charge is 2.25.